The van der Waals surface area contributed by atoms with E-state index in [-0.39, 0.29) is 19.1 Å². The lowest BCUT2D eigenvalue weighted by molar-refractivity contribution is -0.146. The third-order valence-corrected chi connectivity index (χ3v) is 5.28. The van der Waals surface area contributed by atoms with Crippen LogP contribution < -0.4 is 14.8 Å². The van der Waals surface area contributed by atoms with E-state index in [2.05, 4.69) is 10.3 Å². The fraction of sp³-hybridized carbons (Fsp3) is 0.421. The molecule has 29 heavy (non-hydrogen) atoms. The van der Waals surface area contributed by atoms with Gasteiger partial charge in [-0.25, -0.2) is 4.98 Å². The van der Waals surface area contributed by atoms with E-state index in [9.17, 15) is 9.59 Å². The normalized spacial score (nSPS) is 18.6. The minimum absolute atomic E-state index is 0.0277. The van der Waals surface area contributed by atoms with E-state index in [1.807, 2.05) is 4.90 Å². The molecule has 4 rings (SSSR count). The summed E-state index contributed by atoms with van der Waals surface area (Å²) in [6, 6.07) is 2.78. The van der Waals surface area contributed by atoms with Gasteiger partial charge in [-0.1, -0.05) is 11.6 Å². The zero-order valence-corrected chi connectivity index (χ0v) is 16.7. The molecule has 2 aliphatic rings. The van der Waals surface area contributed by atoms with Crippen molar-refractivity contribution in [2.45, 2.75) is 25.9 Å². The van der Waals surface area contributed by atoms with Gasteiger partial charge in [0.05, 0.1) is 29.8 Å². The number of nitrogens with zero attached hydrogens (tertiary/aromatic N) is 2. The van der Waals surface area contributed by atoms with E-state index < -0.39 is 12.0 Å². The van der Waals surface area contributed by atoms with E-state index in [4.69, 9.17) is 30.2 Å². The van der Waals surface area contributed by atoms with Gasteiger partial charge in [0.1, 0.15) is 11.8 Å². The molecule has 1 N–H and O–H groups in total. The monoisotopic (exact) mass is 421 g/mol. The van der Waals surface area contributed by atoms with Crippen molar-refractivity contribution < 1.29 is 28.2 Å². The molecule has 1 aromatic carbocycles. The summed E-state index contributed by atoms with van der Waals surface area (Å²) in [6.45, 7) is 3.37. The fourth-order valence-corrected chi connectivity index (χ4v) is 3.61. The average Bonchev–Trinajstić information content (AvgIpc) is 3.29. The van der Waals surface area contributed by atoms with Crippen molar-refractivity contribution in [1.82, 2.24) is 15.2 Å². The van der Waals surface area contributed by atoms with Crippen LogP contribution in [0.3, 0.4) is 0 Å². The molecule has 0 radical (unpaired) electrons. The second kappa shape index (κ2) is 7.92. The van der Waals surface area contributed by atoms with Gasteiger partial charge in [0.25, 0.3) is 0 Å². The summed E-state index contributed by atoms with van der Waals surface area (Å²) < 4.78 is 21.3. The first-order valence-corrected chi connectivity index (χ1v) is 9.48. The summed E-state index contributed by atoms with van der Waals surface area (Å²) in [4.78, 5) is 30.5. The summed E-state index contributed by atoms with van der Waals surface area (Å²) in [5.41, 5.74) is 1.26. The Labute approximate surface area is 171 Å². The molecular formula is C19H20ClN3O6. The lowest BCUT2D eigenvalue weighted by Gasteiger charge is -2.33. The van der Waals surface area contributed by atoms with Crippen LogP contribution in [0.1, 0.15) is 17.9 Å². The average molecular weight is 422 g/mol. The molecule has 0 spiro atoms. The molecule has 10 heteroatoms. The Morgan fingerprint density at radius 2 is 2.14 bits per heavy atom. The highest BCUT2D eigenvalue weighted by atomic mass is 35.5. The number of piperazine rings is 1. The van der Waals surface area contributed by atoms with Crippen molar-refractivity contribution in [3.8, 4) is 23.0 Å². The molecule has 1 unspecified atom stereocenters. The second-order valence-corrected chi connectivity index (χ2v) is 7.17. The van der Waals surface area contributed by atoms with E-state index in [1.165, 1.54) is 7.11 Å². The number of hydrogen-bond acceptors (Lipinski definition) is 8. The number of amides is 1. The largest absolute Gasteiger partial charge is 0.469 e. The number of fused-ring (bicyclic) bond motifs is 1. The number of nitrogens with one attached hydrogen (secondary N) is 1. The van der Waals surface area contributed by atoms with Gasteiger partial charge in [0.2, 0.25) is 18.6 Å². The zero-order valence-electron chi connectivity index (χ0n) is 16.0. The summed E-state index contributed by atoms with van der Waals surface area (Å²) in [5, 5.41) is 3.21. The van der Waals surface area contributed by atoms with Crippen LogP contribution in [-0.4, -0.2) is 54.8 Å². The summed E-state index contributed by atoms with van der Waals surface area (Å²) >= 11 is 6.36. The van der Waals surface area contributed by atoms with Crippen molar-refractivity contribution in [3.63, 3.8) is 0 Å². The fourth-order valence-electron chi connectivity index (χ4n) is 3.38. The number of esters is 1. The van der Waals surface area contributed by atoms with Gasteiger partial charge in [0, 0.05) is 25.7 Å². The van der Waals surface area contributed by atoms with Gasteiger partial charge < -0.3 is 23.9 Å². The second-order valence-electron chi connectivity index (χ2n) is 6.76. The molecule has 1 atom stereocenters. The Bertz CT molecular complexity index is 960. The first-order valence-electron chi connectivity index (χ1n) is 9.10. The quantitative estimate of drug-likeness (QED) is 0.730. The maximum Gasteiger partial charge on any atom is 0.307 e. The van der Waals surface area contributed by atoms with Crippen LogP contribution >= 0.6 is 11.6 Å². The van der Waals surface area contributed by atoms with Gasteiger partial charge in [-0.2, -0.15) is 0 Å². The molecule has 154 valence electrons. The summed E-state index contributed by atoms with van der Waals surface area (Å²) in [6.07, 6.45) is -0.0277. The molecule has 1 aromatic heterocycles. The number of aromatic nitrogens is 1. The lowest BCUT2D eigenvalue weighted by atomic mass is 10.1. The number of carbonyl (C=O) groups is 2. The number of hydrogen-bond donors (Lipinski definition) is 1. The smallest absolute Gasteiger partial charge is 0.307 e. The number of rotatable bonds is 5. The third kappa shape index (κ3) is 3.88. The maximum absolute atomic E-state index is 12.3. The van der Waals surface area contributed by atoms with Gasteiger partial charge in [0.15, 0.2) is 11.5 Å². The van der Waals surface area contributed by atoms with E-state index >= 15 is 0 Å². The highest BCUT2D eigenvalue weighted by Crippen LogP contribution is 2.41. The Morgan fingerprint density at radius 1 is 1.38 bits per heavy atom. The lowest BCUT2D eigenvalue weighted by Crippen LogP contribution is -2.55. The van der Waals surface area contributed by atoms with Crippen LogP contribution in [0.5, 0.6) is 11.5 Å². The molecule has 2 aliphatic heterocycles. The molecule has 1 fully saturated rings. The molecule has 0 saturated carbocycles. The predicted molar refractivity (Wildman–Crippen MR) is 102 cm³/mol. The van der Waals surface area contributed by atoms with Gasteiger partial charge in [-0.3, -0.25) is 14.5 Å². The molecule has 0 aliphatic carbocycles. The maximum atomic E-state index is 12.3. The molecule has 1 saturated heterocycles. The number of carbonyl (C=O) groups excluding carboxylic acids is 2. The molecule has 9 nitrogen and oxygen atoms in total. The van der Waals surface area contributed by atoms with Gasteiger partial charge in [-0.05, 0) is 13.0 Å². The van der Waals surface area contributed by atoms with Crippen LogP contribution in [0.4, 0.5) is 0 Å². The van der Waals surface area contributed by atoms with Crippen LogP contribution in [0, 0.1) is 6.92 Å². The molecule has 3 heterocycles. The summed E-state index contributed by atoms with van der Waals surface area (Å²) in [5.74, 6) is 1.46. The SMILES string of the molecule is COC(=O)CC1C(=O)NCCN1Cc1nc(-c2cc3c(cc2Cl)OCO3)oc1C. The number of aryl methyl sites for hydroxylation is 1. The van der Waals surface area contributed by atoms with E-state index in [0.29, 0.717) is 59.1 Å². The van der Waals surface area contributed by atoms with Crippen molar-refractivity contribution in [1.29, 1.82) is 0 Å². The third-order valence-electron chi connectivity index (χ3n) is 4.97. The number of benzene rings is 1. The molecule has 1 amide bonds. The Kier molecular flexibility index (Phi) is 5.33. The topological polar surface area (TPSA) is 103 Å². The first kappa shape index (κ1) is 19.5. The number of methoxy groups -OCH3 is 1. The van der Waals surface area contributed by atoms with Crippen LogP contribution in [-0.2, 0) is 20.9 Å². The van der Waals surface area contributed by atoms with Crippen molar-refractivity contribution in [2.24, 2.45) is 0 Å². The van der Waals surface area contributed by atoms with Crippen molar-refractivity contribution in [3.05, 3.63) is 28.6 Å². The number of oxazole rings is 1. The van der Waals surface area contributed by atoms with Gasteiger partial charge in [-0.15, -0.1) is 0 Å². The predicted octanol–water partition coefficient (Wildman–Crippen LogP) is 1.90. The Balaban J connectivity index is 1.58. The standard InChI is InChI=1S/C19H20ClN3O6/c1-10-13(8-23-4-3-21-18(25)14(23)7-17(24)26-2)22-19(29-10)11-5-15-16(6-12(11)20)28-9-27-15/h5-6,14H,3-4,7-9H2,1-2H3,(H,21,25). The van der Waals surface area contributed by atoms with E-state index in [0.717, 1.165) is 0 Å². The first-order chi connectivity index (χ1) is 14.0. The Hall–Kier alpha value is -2.78. The van der Waals surface area contributed by atoms with Crippen LogP contribution in [0.15, 0.2) is 16.5 Å². The summed E-state index contributed by atoms with van der Waals surface area (Å²) in [7, 11) is 1.30. The zero-order chi connectivity index (χ0) is 20.5. The van der Waals surface area contributed by atoms with Crippen molar-refractivity contribution in [2.75, 3.05) is 27.0 Å². The number of ether oxygens (including phenoxy) is 3. The highest BCUT2D eigenvalue weighted by molar-refractivity contribution is 6.33. The Morgan fingerprint density at radius 3 is 2.90 bits per heavy atom. The van der Waals surface area contributed by atoms with Crippen LogP contribution in [0.25, 0.3) is 11.5 Å². The molecule has 0 bridgehead atoms. The minimum Gasteiger partial charge on any atom is -0.469 e. The molecule has 2 aromatic rings. The van der Waals surface area contributed by atoms with Gasteiger partial charge >= 0.3 is 5.97 Å². The highest BCUT2D eigenvalue weighted by Gasteiger charge is 2.33. The number of halogens is 1. The van der Waals surface area contributed by atoms with E-state index in [1.54, 1.807) is 19.1 Å². The van der Waals surface area contributed by atoms with Crippen LogP contribution in [0.2, 0.25) is 5.02 Å². The van der Waals surface area contributed by atoms with Crippen molar-refractivity contribution >= 4 is 23.5 Å². The molecular weight excluding hydrogens is 402 g/mol. The minimum atomic E-state index is -0.620.